The minimum atomic E-state index is -0.506. The molecule has 1 fully saturated rings. The Hall–Kier alpha value is -2.38. The fourth-order valence-electron chi connectivity index (χ4n) is 3.49. The molecule has 130 valence electrons. The van der Waals surface area contributed by atoms with Gasteiger partial charge < -0.3 is 10.2 Å². The Morgan fingerprint density at radius 2 is 2.12 bits per heavy atom. The normalized spacial score (nSPS) is 17.2. The summed E-state index contributed by atoms with van der Waals surface area (Å²) in [5.74, 6) is 1.08. The Balaban J connectivity index is 2.28. The molecule has 0 radical (unpaired) electrons. The molecule has 8 heteroatoms. The van der Waals surface area contributed by atoms with Gasteiger partial charge >= 0.3 is 5.69 Å². The number of rotatable bonds is 5. The maximum Gasteiger partial charge on any atom is 0.333 e. The summed E-state index contributed by atoms with van der Waals surface area (Å²) in [7, 11) is 0. The molecular formula is C16H23N5O3. The van der Waals surface area contributed by atoms with Crippen LogP contribution in [-0.4, -0.2) is 30.5 Å². The van der Waals surface area contributed by atoms with Crippen LogP contribution in [0.25, 0.3) is 11.2 Å². The van der Waals surface area contributed by atoms with E-state index in [1.165, 1.54) is 15.3 Å². The molecule has 1 unspecified atom stereocenters. The highest BCUT2D eigenvalue weighted by Crippen LogP contribution is 2.33. The van der Waals surface area contributed by atoms with Gasteiger partial charge in [-0.3, -0.25) is 13.9 Å². The van der Waals surface area contributed by atoms with E-state index in [-0.39, 0.29) is 5.56 Å². The first-order valence-corrected chi connectivity index (χ1v) is 8.51. The van der Waals surface area contributed by atoms with E-state index in [2.05, 4.69) is 15.1 Å². The molecule has 2 heterocycles. The third-order valence-corrected chi connectivity index (χ3v) is 4.71. The zero-order valence-corrected chi connectivity index (χ0v) is 14.0. The third-order valence-electron chi connectivity index (χ3n) is 4.71. The first kappa shape index (κ1) is 16.5. The van der Waals surface area contributed by atoms with Gasteiger partial charge in [0.05, 0.1) is 12.3 Å². The van der Waals surface area contributed by atoms with E-state index in [0.717, 1.165) is 31.5 Å². The lowest BCUT2D eigenvalue weighted by Gasteiger charge is -2.13. The van der Waals surface area contributed by atoms with Crippen LogP contribution in [0.15, 0.2) is 14.7 Å². The average molecular weight is 333 g/mol. The highest BCUT2D eigenvalue weighted by Gasteiger charge is 2.24. The predicted molar refractivity (Wildman–Crippen MR) is 91.1 cm³/mol. The molecule has 0 bridgehead atoms. The van der Waals surface area contributed by atoms with Gasteiger partial charge in [0.25, 0.3) is 5.56 Å². The summed E-state index contributed by atoms with van der Waals surface area (Å²) < 4.78 is 2.64. The molecule has 1 aliphatic rings. The number of imidazole rings is 1. The van der Waals surface area contributed by atoms with Gasteiger partial charge in [0.2, 0.25) is 0 Å². The maximum atomic E-state index is 12.8. The number of nitrogens with one attached hydrogen (secondary N) is 1. The first-order valence-electron chi connectivity index (χ1n) is 8.51. The van der Waals surface area contributed by atoms with Crippen LogP contribution in [0.3, 0.4) is 0 Å². The van der Waals surface area contributed by atoms with Crippen LogP contribution in [0.5, 0.6) is 0 Å². The molecule has 8 nitrogen and oxygen atoms in total. The van der Waals surface area contributed by atoms with Crippen LogP contribution in [0, 0.1) is 0 Å². The summed E-state index contributed by atoms with van der Waals surface area (Å²) in [6.45, 7) is 3.98. The summed E-state index contributed by atoms with van der Waals surface area (Å²) in [5, 5.41) is 11.9. The van der Waals surface area contributed by atoms with Gasteiger partial charge in [0.1, 0.15) is 11.3 Å². The fourth-order valence-corrected chi connectivity index (χ4v) is 3.49. The van der Waals surface area contributed by atoms with Crippen LogP contribution in [-0.2, 0) is 6.54 Å². The lowest BCUT2D eigenvalue weighted by atomic mass is 10.1. The lowest BCUT2D eigenvalue weighted by molar-refractivity contribution is 0.318. The molecule has 0 aliphatic heterocycles. The van der Waals surface area contributed by atoms with E-state index >= 15 is 0 Å². The molecule has 0 amide bonds. The fraction of sp³-hybridized carbons (Fsp3) is 0.625. The second-order valence-electron chi connectivity index (χ2n) is 6.42. The molecule has 1 atom stereocenters. The molecule has 2 aromatic rings. The molecule has 1 aliphatic carbocycles. The van der Waals surface area contributed by atoms with Gasteiger partial charge in [0.15, 0.2) is 5.65 Å². The van der Waals surface area contributed by atoms with Crippen molar-refractivity contribution in [2.24, 2.45) is 5.16 Å². The van der Waals surface area contributed by atoms with Gasteiger partial charge in [-0.15, -0.1) is 0 Å². The second-order valence-corrected chi connectivity index (χ2v) is 6.42. The van der Waals surface area contributed by atoms with E-state index in [0.29, 0.717) is 30.0 Å². The SMILES string of the molecule is CCCn1c(=O)c2[nH]c(C3CCCC3)nc2n(C(C)/C=N\O)c1=O. The average Bonchev–Trinajstić information content (AvgIpc) is 3.21. The van der Waals surface area contributed by atoms with E-state index in [1.807, 2.05) is 6.92 Å². The molecule has 2 aromatic heterocycles. The van der Waals surface area contributed by atoms with Crippen LogP contribution in [0.1, 0.15) is 63.7 Å². The van der Waals surface area contributed by atoms with Gasteiger partial charge in [-0.25, -0.2) is 9.78 Å². The summed E-state index contributed by atoms with van der Waals surface area (Å²) in [5.41, 5.74) is -0.0704. The number of H-pyrrole nitrogens is 1. The van der Waals surface area contributed by atoms with E-state index < -0.39 is 11.7 Å². The smallest absolute Gasteiger partial charge is 0.333 e. The van der Waals surface area contributed by atoms with Crippen LogP contribution in [0.2, 0.25) is 0 Å². The molecule has 1 saturated carbocycles. The zero-order chi connectivity index (χ0) is 17.3. The number of hydrogen-bond acceptors (Lipinski definition) is 5. The monoisotopic (exact) mass is 333 g/mol. The Morgan fingerprint density at radius 1 is 1.42 bits per heavy atom. The van der Waals surface area contributed by atoms with Gasteiger partial charge in [-0.2, -0.15) is 0 Å². The van der Waals surface area contributed by atoms with Crippen molar-refractivity contribution in [2.75, 3.05) is 0 Å². The zero-order valence-electron chi connectivity index (χ0n) is 14.0. The summed E-state index contributed by atoms with van der Waals surface area (Å²) >= 11 is 0. The van der Waals surface area contributed by atoms with Crippen molar-refractivity contribution in [1.82, 2.24) is 19.1 Å². The Morgan fingerprint density at radius 3 is 2.75 bits per heavy atom. The minimum Gasteiger partial charge on any atom is -0.411 e. The van der Waals surface area contributed by atoms with Crippen LogP contribution in [0.4, 0.5) is 0 Å². The number of aromatic nitrogens is 4. The summed E-state index contributed by atoms with van der Waals surface area (Å²) in [4.78, 5) is 33.2. The minimum absolute atomic E-state index is 0.307. The molecule has 24 heavy (non-hydrogen) atoms. The van der Waals surface area contributed by atoms with Crippen molar-refractivity contribution in [1.29, 1.82) is 0 Å². The summed E-state index contributed by atoms with van der Waals surface area (Å²) in [6.07, 6.45) is 6.32. The highest BCUT2D eigenvalue weighted by atomic mass is 16.4. The number of oxime groups is 1. The summed E-state index contributed by atoms with van der Waals surface area (Å²) in [6, 6.07) is -0.506. The molecule has 2 N–H and O–H groups in total. The first-order chi connectivity index (χ1) is 11.6. The third kappa shape index (κ3) is 2.65. The molecule has 0 aromatic carbocycles. The number of nitrogens with zero attached hydrogens (tertiary/aromatic N) is 4. The van der Waals surface area contributed by atoms with E-state index in [1.54, 1.807) is 6.92 Å². The Bertz CT molecular complexity index is 870. The van der Waals surface area contributed by atoms with E-state index in [9.17, 15) is 9.59 Å². The second kappa shape index (κ2) is 6.62. The van der Waals surface area contributed by atoms with Crippen molar-refractivity contribution in [3.05, 3.63) is 26.7 Å². The number of hydrogen-bond donors (Lipinski definition) is 2. The van der Waals surface area contributed by atoms with Crippen LogP contribution < -0.4 is 11.2 Å². The molecule has 0 saturated heterocycles. The standard InChI is InChI=1S/C16H23N5O3/c1-3-8-20-15(22)12-14(21(16(20)23)10(2)9-17-24)19-13(18-12)11-6-4-5-7-11/h9-11,24H,3-8H2,1-2H3,(H,18,19)/b17-9-. The molecular weight excluding hydrogens is 310 g/mol. The highest BCUT2D eigenvalue weighted by molar-refractivity contribution is 5.73. The van der Waals surface area contributed by atoms with Crippen molar-refractivity contribution >= 4 is 17.4 Å². The number of fused-ring (bicyclic) bond motifs is 1. The van der Waals surface area contributed by atoms with Crippen molar-refractivity contribution in [2.45, 2.75) is 64.5 Å². The maximum absolute atomic E-state index is 12.8. The topological polar surface area (TPSA) is 105 Å². The van der Waals surface area contributed by atoms with Crippen molar-refractivity contribution in [3.63, 3.8) is 0 Å². The number of aromatic amines is 1. The van der Waals surface area contributed by atoms with Gasteiger partial charge in [-0.1, -0.05) is 24.9 Å². The molecule has 0 spiro atoms. The lowest BCUT2D eigenvalue weighted by Crippen LogP contribution is -2.41. The van der Waals surface area contributed by atoms with E-state index in [4.69, 9.17) is 5.21 Å². The largest absolute Gasteiger partial charge is 0.411 e. The molecule has 3 rings (SSSR count). The Labute approximate surface area is 138 Å². The van der Waals surface area contributed by atoms with Gasteiger partial charge in [-0.05, 0) is 26.2 Å². The predicted octanol–water partition coefficient (Wildman–Crippen LogP) is 1.97. The van der Waals surface area contributed by atoms with Gasteiger partial charge in [0, 0.05) is 12.5 Å². The Kier molecular flexibility index (Phi) is 4.55. The van der Waals surface area contributed by atoms with Crippen LogP contribution >= 0.6 is 0 Å². The van der Waals surface area contributed by atoms with Crippen molar-refractivity contribution < 1.29 is 5.21 Å². The quantitative estimate of drug-likeness (QED) is 0.496. The van der Waals surface area contributed by atoms with Crippen molar-refractivity contribution in [3.8, 4) is 0 Å².